The Hall–Kier alpha value is -0.340. The molecular formula is C14H27NO. The lowest BCUT2D eigenvalue weighted by Crippen LogP contribution is -2.52. The molecule has 1 rings (SSSR count). The Morgan fingerprint density at radius 1 is 1.25 bits per heavy atom. The molecule has 0 spiro atoms. The van der Waals surface area contributed by atoms with E-state index in [9.17, 15) is 5.11 Å². The van der Waals surface area contributed by atoms with Gasteiger partial charge in [-0.3, -0.25) is 4.90 Å². The molecule has 1 unspecified atom stereocenters. The zero-order valence-electron chi connectivity index (χ0n) is 10.9. The number of likely N-dealkylation sites (tertiary alicyclic amines) is 1. The van der Waals surface area contributed by atoms with Crippen LogP contribution in [0.25, 0.3) is 0 Å². The van der Waals surface area contributed by atoms with E-state index in [1.165, 1.54) is 25.7 Å². The van der Waals surface area contributed by atoms with Crippen LogP contribution in [-0.2, 0) is 0 Å². The molecule has 2 nitrogen and oxygen atoms in total. The quantitative estimate of drug-likeness (QED) is 0.727. The molecule has 1 fully saturated rings. The number of nitrogens with zero attached hydrogens (tertiary/aromatic N) is 1. The fourth-order valence-corrected chi connectivity index (χ4v) is 2.49. The van der Waals surface area contributed by atoms with E-state index in [0.29, 0.717) is 0 Å². The van der Waals surface area contributed by atoms with Crippen molar-refractivity contribution in [3.63, 3.8) is 0 Å². The van der Waals surface area contributed by atoms with Crippen molar-refractivity contribution >= 4 is 0 Å². The van der Waals surface area contributed by atoms with Crippen molar-refractivity contribution in [2.24, 2.45) is 0 Å². The predicted octanol–water partition coefficient (Wildman–Crippen LogP) is 2.97. The van der Waals surface area contributed by atoms with Crippen LogP contribution >= 0.6 is 0 Å². The maximum absolute atomic E-state index is 10.3. The lowest BCUT2D eigenvalue weighted by atomic mass is 9.91. The molecule has 0 bridgehead atoms. The van der Waals surface area contributed by atoms with Crippen molar-refractivity contribution in [2.45, 2.75) is 64.0 Å². The van der Waals surface area contributed by atoms with Crippen molar-refractivity contribution in [1.82, 2.24) is 4.90 Å². The summed E-state index contributed by atoms with van der Waals surface area (Å²) in [6.07, 6.45) is 8.61. The molecular weight excluding hydrogens is 198 g/mol. The molecule has 0 amide bonds. The van der Waals surface area contributed by atoms with Gasteiger partial charge in [0.2, 0.25) is 0 Å². The van der Waals surface area contributed by atoms with Crippen LogP contribution in [0.4, 0.5) is 0 Å². The van der Waals surface area contributed by atoms with Gasteiger partial charge in [0.05, 0.1) is 6.10 Å². The number of rotatable bonds is 5. The van der Waals surface area contributed by atoms with Gasteiger partial charge in [0.1, 0.15) is 0 Å². The second kappa shape index (κ2) is 6.41. The second-order valence-electron chi connectivity index (χ2n) is 5.44. The summed E-state index contributed by atoms with van der Waals surface area (Å²) in [4.78, 5) is 2.47. The van der Waals surface area contributed by atoms with Crippen molar-refractivity contribution in [3.8, 4) is 0 Å². The standard InChI is InChI=1S/C14H27NO/c1-4-5-10-13(16)14(2,3)15-11-8-6-7-9-12-15/h4,13,16H,1,5-12H2,2-3H3. The average molecular weight is 225 g/mol. The highest BCUT2D eigenvalue weighted by Gasteiger charge is 2.33. The van der Waals surface area contributed by atoms with Crippen molar-refractivity contribution in [3.05, 3.63) is 12.7 Å². The van der Waals surface area contributed by atoms with Crippen molar-refractivity contribution in [2.75, 3.05) is 13.1 Å². The molecule has 0 aliphatic carbocycles. The van der Waals surface area contributed by atoms with Gasteiger partial charge in [-0.2, -0.15) is 0 Å². The van der Waals surface area contributed by atoms with Gasteiger partial charge in [0.15, 0.2) is 0 Å². The number of hydrogen-bond acceptors (Lipinski definition) is 2. The first kappa shape index (κ1) is 13.7. The van der Waals surface area contributed by atoms with Crippen LogP contribution in [0, 0.1) is 0 Å². The van der Waals surface area contributed by atoms with Crippen LogP contribution in [-0.4, -0.2) is 34.7 Å². The van der Waals surface area contributed by atoms with E-state index in [0.717, 1.165) is 25.9 Å². The molecule has 0 aromatic carbocycles. The number of aliphatic hydroxyl groups excluding tert-OH is 1. The van der Waals surface area contributed by atoms with Gasteiger partial charge in [-0.1, -0.05) is 18.9 Å². The first-order valence-electron chi connectivity index (χ1n) is 6.63. The summed E-state index contributed by atoms with van der Waals surface area (Å²) >= 11 is 0. The molecule has 2 heteroatoms. The van der Waals surface area contributed by atoms with Crippen molar-refractivity contribution in [1.29, 1.82) is 0 Å². The molecule has 0 radical (unpaired) electrons. The Bertz CT molecular complexity index is 205. The molecule has 1 N–H and O–H groups in total. The highest BCUT2D eigenvalue weighted by molar-refractivity contribution is 4.90. The predicted molar refractivity (Wildman–Crippen MR) is 69.6 cm³/mol. The van der Waals surface area contributed by atoms with E-state index < -0.39 is 0 Å². The summed E-state index contributed by atoms with van der Waals surface area (Å²) < 4.78 is 0. The minimum absolute atomic E-state index is 0.0899. The van der Waals surface area contributed by atoms with E-state index in [4.69, 9.17) is 0 Å². The number of allylic oxidation sites excluding steroid dienone is 1. The zero-order valence-corrected chi connectivity index (χ0v) is 10.9. The van der Waals surface area contributed by atoms with Crippen LogP contribution in [0.2, 0.25) is 0 Å². The largest absolute Gasteiger partial charge is 0.391 e. The molecule has 0 aromatic heterocycles. The zero-order chi connectivity index (χ0) is 12.0. The Kier molecular flexibility index (Phi) is 5.50. The maximum Gasteiger partial charge on any atom is 0.0721 e. The smallest absolute Gasteiger partial charge is 0.0721 e. The summed E-state index contributed by atoms with van der Waals surface area (Å²) in [5.74, 6) is 0. The van der Waals surface area contributed by atoms with E-state index in [1.54, 1.807) is 0 Å². The number of hydrogen-bond donors (Lipinski definition) is 1. The first-order valence-corrected chi connectivity index (χ1v) is 6.63. The summed E-state index contributed by atoms with van der Waals surface area (Å²) in [6, 6.07) is 0. The molecule has 0 aromatic rings. The monoisotopic (exact) mass is 225 g/mol. The average Bonchev–Trinajstić information content (AvgIpc) is 2.54. The Labute approximate surface area is 100 Å². The lowest BCUT2D eigenvalue weighted by molar-refractivity contribution is -0.0121. The summed E-state index contributed by atoms with van der Waals surface area (Å²) in [5, 5.41) is 10.3. The van der Waals surface area contributed by atoms with E-state index in [1.807, 2.05) is 6.08 Å². The van der Waals surface area contributed by atoms with E-state index in [2.05, 4.69) is 25.3 Å². The third kappa shape index (κ3) is 3.60. The lowest BCUT2D eigenvalue weighted by Gasteiger charge is -2.41. The third-order valence-corrected chi connectivity index (χ3v) is 3.88. The number of aliphatic hydroxyl groups is 1. The normalized spacial score (nSPS) is 21.4. The first-order chi connectivity index (χ1) is 7.59. The van der Waals surface area contributed by atoms with Gasteiger partial charge in [0.25, 0.3) is 0 Å². The van der Waals surface area contributed by atoms with Crippen molar-refractivity contribution < 1.29 is 5.11 Å². The van der Waals surface area contributed by atoms with Gasteiger partial charge in [-0.25, -0.2) is 0 Å². The Morgan fingerprint density at radius 2 is 1.81 bits per heavy atom. The van der Waals surface area contributed by atoms with Crippen LogP contribution in [0.5, 0.6) is 0 Å². The summed E-state index contributed by atoms with van der Waals surface area (Å²) in [5.41, 5.74) is -0.0899. The second-order valence-corrected chi connectivity index (χ2v) is 5.44. The van der Waals surface area contributed by atoms with Gasteiger partial charge < -0.3 is 5.11 Å². The Balaban J connectivity index is 2.54. The van der Waals surface area contributed by atoms with Gasteiger partial charge in [-0.05, 0) is 52.6 Å². The molecule has 1 aliphatic heterocycles. The van der Waals surface area contributed by atoms with Crippen LogP contribution < -0.4 is 0 Å². The Morgan fingerprint density at radius 3 is 2.31 bits per heavy atom. The van der Waals surface area contributed by atoms with E-state index >= 15 is 0 Å². The molecule has 16 heavy (non-hydrogen) atoms. The van der Waals surface area contributed by atoms with E-state index in [-0.39, 0.29) is 11.6 Å². The third-order valence-electron chi connectivity index (χ3n) is 3.88. The van der Waals surface area contributed by atoms with Crippen LogP contribution in [0.3, 0.4) is 0 Å². The summed E-state index contributed by atoms with van der Waals surface area (Å²) in [6.45, 7) is 10.3. The molecule has 1 atom stereocenters. The van der Waals surface area contributed by atoms with Crippen LogP contribution in [0.15, 0.2) is 12.7 Å². The fourth-order valence-electron chi connectivity index (χ4n) is 2.49. The molecule has 1 heterocycles. The molecule has 1 saturated heterocycles. The molecule has 94 valence electrons. The minimum atomic E-state index is -0.247. The SMILES string of the molecule is C=CCCC(O)C(C)(C)N1CCCCCC1. The highest BCUT2D eigenvalue weighted by atomic mass is 16.3. The summed E-state index contributed by atoms with van der Waals surface area (Å²) in [7, 11) is 0. The molecule has 1 aliphatic rings. The van der Waals surface area contributed by atoms with Crippen LogP contribution in [0.1, 0.15) is 52.4 Å². The van der Waals surface area contributed by atoms with Gasteiger partial charge in [0, 0.05) is 5.54 Å². The highest BCUT2D eigenvalue weighted by Crippen LogP contribution is 2.25. The fraction of sp³-hybridized carbons (Fsp3) is 0.857. The minimum Gasteiger partial charge on any atom is -0.391 e. The van der Waals surface area contributed by atoms with Gasteiger partial charge in [-0.15, -0.1) is 6.58 Å². The van der Waals surface area contributed by atoms with Gasteiger partial charge >= 0.3 is 0 Å². The topological polar surface area (TPSA) is 23.5 Å². The molecule has 0 saturated carbocycles. The maximum atomic E-state index is 10.3.